The summed E-state index contributed by atoms with van der Waals surface area (Å²) in [5.41, 5.74) is 4.97. The standard InChI is InChI=1S/C26H26O2/c1-3-27-17-21-13-5-9-19-11-7-15-23(25(19)21)24-16-8-12-20-10-6-14-22(26(20)24)18-28-4-2/h5-16H,3-4,17-18H2,1-2H3. The van der Waals surface area contributed by atoms with Crippen LogP contribution in [0, 0.1) is 0 Å². The molecule has 28 heavy (non-hydrogen) atoms. The first kappa shape index (κ1) is 18.7. The number of hydrogen-bond donors (Lipinski definition) is 0. The van der Waals surface area contributed by atoms with Gasteiger partial charge in [-0.3, -0.25) is 0 Å². The van der Waals surface area contributed by atoms with Crippen molar-refractivity contribution in [2.45, 2.75) is 27.1 Å². The second kappa shape index (κ2) is 8.55. The molecule has 2 heteroatoms. The number of fused-ring (bicyclic) bond motifs is 2. The van der Waals surface area contributed by atoms with Gasteiger partial charge in [-0.15, -0.1) is 0 Å². The summed E-state index contributed by atoms with van der Waals surface area (Å²) < 4.78 is 11.5. The van der Waals surface area contributed by atoms with Crippen molar-refractivity contribution < 1.29 is 9.47 Å². The molecule has 0 saturated heterocycles. The smallest absolute Gasteiger partial charge is 0.0722 e. The quantitative estimate of drug-likeness (QED) is 0.359. The predicted octanol–water partition coefficient (Wildman–Crippen LogP) is 6.73. The summed E-state index contributed by atoms with van der Waals surface area (Å²) in [5.74, 6) is 0. The van der Waals surface area contributed by atoms with E-state index in [9.17, 15) is 0 Å². The summed E-state index contributed by atoms with van der Waals surface area (Å²) in [6.45, 7) is 6.76. The van der Waals surface area contributed by atoms with Crippen LogP contribution in [0.3, 0.4) is 0 Å². The lowest BCUT2D eigenvalue weighted by Gasteiger charge is -2.16. The molecule has 4 rings (SSSR count). The average Bonchev–Trinajstić information content (AvgIpc) is 2.75. The molecule has 0 radical (unpaired) electrons. The van der Waals surface area contributed by atoms with E-state index in [0.717, 1.165) is 0 Å². The Labute approximate surface area is 166 Å². The second-order valence-corrected chi connectivity index (χ2v) is 6.92. The van der Waals surface area contributed by atoms with Crippen LogP contribution in [0.1, 0.15) is 25.0 Å². The fourth-order valence-corrected chi connectivity index (χ4v) is 3.95. The second-order valence-electron chi connectivity index (χ2n) is 6.92. The Kier molecular flexibility index (Phi) is 5.70. The first-order valence-corrected chi connectivity index (χ1v) is 10.0. The van der Waals surface area contributed by atoms with Gasteiger partial charge in [0.05, 0.1) is 13.2 Å². The minimum absolute atomic E-state index is 0.626. The highest BCUT2D eigenvalue weighted by Crippen LogP contribution is 2.37. The zero-order valence-corrected chi connectivity index (χ0v) is 16.6. The molecular weight excluding hydrogens is 344 g/mol. The first-order chi connectivity index (χ1) is 13.8. The maximum absolute atomic E-state index is 5.76. The van der Waals surface area contributed by atoms with E-state index in [1.165, 1.54) is 43.8 Å². The molecule has 0 bridgehead atoms. The van der Waals surface area contributed by atoms with Crippen molar-refractivity contribution in [1.82, 2.24) is 0 Å². The van der Waals surface area contributed by atoms with Crippen LogP contribution in [-0.4, -0.2) is 13.2 Å². The van der Waals surface area contributed by atoms with Crippen LogP contribution in [-0.2, 0) is 22.7 Å². The van der Waals surface area contributed by atoms with E-state index >= 15 is 0 Å². The van der Waals surface area contributed by atoms with Crippen LogP contribution in [0.15, 0.2) is 72.8 Å². The first-order valence-electron chi connectivity index (χ1n) is 10.0. The van der Waals surface area contributed by atoms with Gasteiger partial charge in [0.2, 0.25) is 0 Å². The van der Waals surface area contributed by atoms with Crippen molar-refractivity contribution in [3.8, 4) is 11.1 Å². The van der Waals surface area contributed by atoms with Crippen molar-refractivity contribution in [1.29, 1.82) is 0 Å². The Morgan fingerprint density at radius 2 is 0.929 bits per heavy atom. The summed E-state index contributed by atoms with van der Waals surface area (Å²) in [5, 5.41) is 5.04. The molecule has 2 nitrogen and oxygen atoms in total. The molecule has 0 aromatic heterocycles. The van der Waals surface area contributed by atoms with E-state index < -0.39 is 0 Å². The largest absolute Gasteiger partial charge is 0.377 e. The van der Waals surface area contributed by atoms with E-state index in [1.807, 2.05) is 13.8 Å². The Morgan fingerprint density at radius 3 is 1.32 bits per heavy atom. The highest BCUT2D eigenvalue weighted by atomic mass is 16.5. The fraction of sp³-hybridized carbons (Fsp3) is 0.231. The minimum atomic E-state index is 0.626. The summed E-state index contributed by atoms with van der Waals surface area (Å²) >= 11 is 0. The Bertz CT molecular complexity index is 998. The van der Waals surface area contributed by atoms with Crippen molar-refractivity contribution in [3.05, 3.63) is 83.9 Å². The van der Waals surface area contributed by atoms with Gasteiger partial charge in [-0.05, 0) is 57.6 Å². The van der Waals surface area contributed by atoms with Gasteiger partial charge in [-0.25, -0.2) is 0 Å². The van der Waals surface area contributed by atoms with Gasteiger partial charge in [0.25, 0.3) is 0 Å². The zero-order valence-electron chi connectivity index (χ0n) is 16.6. The van der Waals surface area contributed by atoms with Crippen LogP contribution in [0.2, 0.25) is 0 Å². The lowest BCUT2D eigenvalue weighted by molar-refractivity contribution is 0.135. The van der Waals surface area contributed by atoms with Gasteiger partial charge < -0.3 is 9.47 Å². The molecule has 4 aromatic rings. The molecule has 0 amide bonds. The van der Waals surface area contributed by atoms with E-state index in [0.29, 0.717) is 26.4 Å². The van der Waals surface area contributed by atoms with Crippen LogP contribution in [0.25, 0.3) is 32.7 Å². The van der Waals surface area contributed by atoms with Gasteiger partial charge in [0, 0.05) is 13.2 Å². The molecule has 0 aliphatic carbocycles. The number of ether oxygens (including phenoxy) is 2. The maximum atomic E-state index is 5.76. The van der Waals surface area contributed by atoms with Crippen LogP contribution < -0.4 is 0 Å². The molecule has 4 aromatic carbocycles. The predicted molar refractivity (Wildman–Crippen MR) is 118 cm³/mol. The molecule has 0 heterocycles. The van der Waals surface area contributed by atoms with Crippen molar-refractivity contribution in [3.63, 3.8) is 0 Å². The van der Waals surface area contributed by atoms with E-state index in [1.54, 1.807) is 0 Å². The van der Waals surface area contributed by atoms with Crippen LogP contribution >= 0.6 is 0 Å². The van der Waals surface area contributed by atoms with Crippen molar-refractivity contribution >= 4 is 21.5 Å². The number of hydrogen-bond acceptors (Lipinski definition) is 2. The lowest BCUT2D eigenvalue weighted by atomic mass is 9.90. The Morgan fingerprint density at radius 1 is 0.536 bits per heavy atom. The molecule has 0 fully saturated rings. The topological polar surface area (TPSA) is 18.5 Å². The van der Waals surface area contributed by atoms with E-state index in [-0.39, 0.29) is 0 Å². The average molecular weight is 370 g/mol. The molecule has 0 aliphatic rings. The Hall–Kier alpha value is -2.68. The monoisotopic (exact) mass is 370 g/mol. The molecule has 0 unspecified atom stereocenters. The highest BCUT2D eigenvalue weighted by molar-refractivity contribution is 6.07. The summed E-state index contributed by atoms with van der Waals surface area (Å²) in [6, 6.07) is 26.0. The third-order valence-corrected chi connectivity index (χ3v) is 5.20. The SMILES string of the molecule is CCOCc1cccc2cccc(-c3cccc4cccc(COCC)c34)c12. The third kappa shape index (κ3) is 3.54. The van der Waals surface area contributed by atoms with Crippen LogP contribution in [0.4, 0.5) is 0 Å². The molecule has 142 valence electrons. The van der Waals surface area contributed by atoms with E-state index in [2.05, 4.69) is 72.8 Å². The number of rotatable bonds is 7. The summed E-state index contributed by atoms with van der Waals surface area (Å²) in [4.78, 5) is 0. The normalized spacial score (nSPS) is 11.4. The molecule has 0 N–H and O–H groups in total. The molecule has 0 spiro atoms. The summed E-state index contributed by atoms with van der Waals surface area (Å²) in [6.07, 6.45) is 0. The zero-order chi connectivity index (χ0) is 19.3. The van der Waals surface area contributed by atoms with Gasteiger partial charge >= 0.3 is 0 Å². The van der Waals surface area contributed by atoms with Crippen molar-refractivity contribution in [2.75, 3.05) is 13.2 Å². The van der Waals surface area contributed by atoms with Gasteiger partial charge in [0.15, 0.2) is 0 Å². The molecule has 0 aliphatic heterocycles. The van der Waals surface area contributed by atoms with Gasteiger partial charge in [-0.2, -0.15) is 0 Å². The summed E-state index contributed by atoms with van der Waals surface area (Å²) in [7, 11) is 0. The number of benzene rings is 4. The lowest BCUT2D eigenvalue weighted by Crippen LogP contribution is -1.97. The minimum Gasteiger partial charge on any atom is -0.377 e. The maximum Gasteiger partial charge on any atom is 0.0722 e. The molecule has 0 atom stereocenters. The van der Waals surface area contributed by atoms with E-state index in [4.69, 9.17) is 9.47 Å². The molecular formula is C26H26O2. The fourth-order valence-electron chi connectivity index (χ4n) is 3.95. The van der Waals surface area contributed by atoms with Gasteiger partial charge in [0.1, 0.15) is 0 Å². The third-order valence-electron chi connectivity index (χ3n) is 5.20. The van der Waals surface area contributed by atoms with Gasteiger partial charge in [-0.1, -0.05) is 72.8 Å². The highest BCUT2D eigenvalue weighted by Gasteiger charge is 2.13. The van der Waals surface area contributed by atoms with Crippen molar-refractivity contribution in [2.24, 2.45) is 0 Å². The van der Waals surface area contributed by atoms with Crippen LogP contribution in [0.5, 0.6) is 0 Å². The molecule has 0 saturated carbocycles. The Balaban J connectivity index is 1.99.